The molecule has 0 N–H and O–H groups in total. The van der Waals surface area contributed by atoms with E-state index in [1.807, 2.05) is 0 Å². The maximum Gasteiger partial charge on any atom is 0.0701 e. The summed E-state index contributed by atoms with van der Waals surface area (Å²) >= 11 is 0. The van der Waals surface area contributed by atoms with Crippen LogP contribution in [0.4, 0.5) is 0 Å². The number of fused-ring (bicyclic) bond motifs is 6. The van der Waals surface area contributed by atoms with Crippen LogP contribution in [0.1, 0.15) is 44.5 Å². The molecule has 0 spiro atoms. The summed E-state index contributed by atoms with van der Waals surface area (Å²) in [4.78, 5) is 0. The molecule has 0 aliphatic rings. The second kappa shape index (κ2) is 27.4. The molecule has 104 heavy (non-hydrogen) atoms. The van der Waals surface area contributed by atoms with Crippen molar-refractivity contribution in [3.8, 4) is 55.6 Å². The van der Waals surface area contributed by atoms with Crippen molar-refractivity contribution in [1.29, 1.82) is 0 Å². The zero-order chi connectivity index (χ0) is 69.2. The van der Waals surface area contributed by atoms with E-state index >= 15 is 0 Å². The summed E-state index contributed by atoms with van der Waals surface area (Å²) in [5.74, 6) is 0. The SMILES string of the molecule is c1ccc(C(c2ccccc2)(c2ccccc2)c2ccc(-c3c4ccccc4c(-c4ccc(C(c5ccccc5)(c5ccccc5)c5ccccc5)cc4)c4ccccc34)cc2)cc1.c1ccc2cc(-c3ccc(-c4c5ccccc5c(-c5ccc6ccccc6c5)c5ccccc45)cc3)ccc2c1. The van der Waals surface area contributed by atoms with Crippen molar-refractivity contribution >= 4 is 64.6 Å². The van der Waals surface area contributed by atoms with Crippen LogP contribution in [0.25, 0.3) is 120 Å². The van der Waals surface area contributed by atoms with Crippen molar-refractivity contribution in [3.63, 3.8) is 0 Å². The smallest absolute Gasteiger partial charge is 0.0622 e. The van der Waals surface area contributed by atoms with Crippen LogP contribution in [-0.2, 0) is 10.8 Å². The molecule has 19 aromatic rings. The molecule has 0 heteroatoms. The third-order valence-electron chi connectivity index (χ3n) is 21.6. The summed E-state index contributed by atoms with van der Waals surface area (Å²) in [7, 11) is 0. The highest BCUT2D eigenvalue weighted by Gasteiger charge is 2.40. The van der Waals surface area contributed by atoms with Gasteiger partial charge >= 0.3 is 0 Å². The molecule has 19 aromatic carbocycles. The molecule has 0 heterocycles. The van der Waals surface area contributed by atoms with Crippen molar-refractivity contribution in [2.24, 2.45) is 0 Å². The monoisotopic (exact) mass is 1320 g/mol. The second-order valence-corrected chi connectivity index (χ2v) is 27.2. The lowest BCUT2D eigenvalue weighted by Crippen LogP contribution is -2.30. The molecule has 0 saturated heterocycles. The Kier molecular flexibility index (Phi) is 16.6. The van der Waals surface area contributed by atoms with Gasteiger partial charge in [0, 0.05) is 0 Å². The van der Waals surface area contributed by atoms with E-state index in [2.05, 4.69) is 437 Å². The molecule has 0 saturated carbocycles. The van der Waals surface area contributed by atoms with Gasteiger partial charge in [-0.1, -0.05) is 425 Å². The standard InChI is InChI=1S/C64H46.C40H26/c1-7-23-49(24-8-1)63(50-25-9-2-10-26-50,51-27-11-3-12-28-51)55-43-39-47(40-44-55)61-57-35-19-21-37-59(57)62(60-38-22-20-36-58(60)61)48-41-45-56(46-42-48)64(52-29-13-4-14-30-52,53-31-15-5-16-32-53)54-33-17-6-18-34-54;1-3-11-31-25-33(23-19-27(31)9-1)29-17-21-30(22-18-29)39-35-13-5-7-15-37(35)40(38-16-8-6-14-36(38)39)34-24-20-28-10-2-4-12-32(28)26-34/h1-46H;1-26H. The van der Waals surface area contributed by atoms with Crippen LogP contribution in [0.15, 0.2) is 437 Å². The van der Waals surface area contributed by atoms with Gasteiger partial charge in [-0.25, -0.2) is 0 Å². The lowest BCUT2D eigenvalue weighted by Gasteiger charge is -2.37. The summed E-state index contributed by atoms with van der Waals surface area (Å²) in [6.45, 7) is 0. The van der Waals surface area contributed by atoms with Gasteiger partial charge in [-0.2, -0.15) is 0 Å². The Balaban J connectivity index is 0.000000165. The van der Waals surface area contributed by atoms with E-state index in [4.69, 9.17) is 0 Å². The first kappa shape index (κ1) is 63.0. The molecule has 0 fully saturated rings. The molecule has 0 radical (unpaired) electrons. The lowest BCUT2D eigenvalue weighted by atomic mass is 9.65. The van der Waals surface area contributed by atoms with Gasteiger partial charge in [-0.05, 0) is 177 Å². The Morgan fingerprint density at radius 2 is 0.298 bits per heavy atom. The van der Waals surface area contributed by atoms with E-state index in [-0.39, 0.29) is 0 Å². The van der Waals surface area contributed by atoms with Crippen LogP contribution in [-0.4, -0.2) is 0 Å². The molecular weight excluding hydrogens is 1250 g/mol. The van der Waals surface area contributed by atoms with E-state index in [0.29, 0.717) is 0 Å². The molecule has 0 nitrogen and oxygen atoms in total. The first-order valence-corrected chi connectivity index (χ1v) is 36.1. The first-order chi connectivity index (χ1) is 51.6. The van der Waals surface area contributed by atoms with Crippen molar-refractivity contribution < 1.29 is 0 Å². The molecule has 0 aromatic heterocycles. The number of rotatable bonds is 13. The quantitative estimate of drug-likeness (QED) is 0.0797. The normalized spacial score (nSPS) is 11.7. The van der Waals surface area contributed by atoms with E-state index in [9.17, 15) is 0 Å². The average Bonchev–Trinajstić information content (AvgIpc) is 0.700. The predicted molar refractivity (Wildman–Crippen MR) is 442 cm³/mol. The topological polar surface area (TPSA) is 0 Å². The molecule has 0 aliphatic carbocycles. The van der Waals surface area contributed by atoms with Gasteiger partial charge in [0.15, 0.2) is 0 Å². The van der Waals surface area contributed by atoms with E-state index in [1.54, 1.807) is 0 Å². The Bertz CT molecular complexity index is 5730. The third kappa shape index (κ3) is 11.0. The fourth-order valence-corrected chi connectivity index (χ4v) is 16.9. The Hall–Kier alpha value is -13.3. The highest BCUT2D eigenvalue weighted by molar-refractivity contribution is 6.23. The summed E-state index contributed by atoms with van der Waals surface area (Å²) in [5.41, 5.74) is 21.3. The molecule has 19 rings (SSSR count). The average molecular weight is 1320 g/mol. The highest BCUT2D eigenvalue weighted by Crippen LogP contribution is 2.51. The number of hydrogen-bond donors (Lipinski definition) is 0. The van der Waals surface area contributed by atoms with Gasteiger partial charge in [0.1, 0.15) is 0 Å². The minimum absolute atomic E-state index is 0.512. The van der Waals surface area contributed by atoms with Crippen LogP contribution in [0.2, 0.25) is 0 Å². The van der Waals surface area contributed by atoms with Crippen molar-refractivity contribution in [2.45, 2.75) is 10.8 Å². The molecule has 0 aliphatic heterocycles. The number of hydrogen-bond acceptors (Lipinski definition) is 0. The van der Waals surface area contributed by atoms with Crippen molar-refractivity contribution in [3.05, 3.63) is 481 Å². The largest absolute Gasteiger partial charge is 0.0701 e. The summed E-state index contributed by atoms with van der Waals surface area (Å²) in [6, 6.07) is 160. The summed E-state index contributed by atoms with van der Waals surface area (Å²) in [6.07, 6.45) is 0. The predicted octanol–water partition coefficient (Wildman–Crippen LogP) is 27.4. The minimum Gasteiger partial charge on any atom is -0.0622 e. The molecular formula is C104H72. The molecule has 0 bridgehead atoms. The minimum atomic E-state index is -0.512. The van der Waals surface area contributed by atoms with E-state index in [1.165, 1.54) is 165 Å². The fraction of sp³-hybridized carbons (Fsp3) is 0.0192. The summed E-state index contributed by atoms with van der Waals surface area (Å²) in [5, 5.41) is 15.1. The van der Waals surface area contributed by atoms with E-state index < -0.39 is 10.8 Å². The maximum absolute atomic E-state index is 2.36. The van der Waals surface area contributed by atoms with Crippen molar-refractivity contribution in [2.75, 3.05) is 0 Å². The second-order valence-electron chi connectivity index (χ2n) is 27.2. The van der Waals surface area contributed by atoms with Gasteiger partial charge in [0.25, 0.3) is 0 Å². The van der Waals surface area contributed by atoms with Crippen LogP contribution >= 0.6 is 0 Å². The van der Waals surface area contributed by atoms with Gasteiger partial charge in [-0.15, -0.1) is 0 Å². The van der Waals surface area contributed by atoms with Gasteiger partial charge in [0.2, 0.25) is 0 Å². The molecule has 0 amide bonds. The Morgan fingerprint density at radius 1 is 0.115 bits per heavy atom. The Labute approximate surface area is 608 Å². The molecule has 488 valence electrons. The first-order valence-electron chi connectivity index (χ1n) is 36.1. The summed E-state index contributed by atoms with van der Waals surface area (Å²) < 4.78 is 0. The lowest BCUT2D eigenvalue weighted by molar-refractivity contribution is 0.745. The molecule has 0 unspecified atom stereocenters. The van der Waals surface area contributed by atoms with Crippen LogP contribution in [0, 0.1) is 0 Å². The molecule has 0 atom stereocenters. The maximum atomic E-state index is 2.36. The van der Waals surface area contributed by atoms with Crippen LogP contribution in [0.3, 0.4) is 0 Å². The van der Waals surface area contributed by atoms with Crippen LogP contribution in [0.5, 0.6) is 0 Å². The highest BCUT2D eigenvalue weighted by atomic mass is 14.4. The third-order valence-corrected chi connectivity index (χ3v) is 21.6. The van der Waals surface area contributed by atoms with Gasteiger partial charge < -0.3 is 0 Å². The van der Waals surface area contributed by atoms with Crippen LogP contribution < -0.4 is 0 Å². The van der Waals surface area contributed by atoms with Crippen molar-refractivity contribution in [1.82, 2.24) is 0 Å². The van der Waals surface area contributed by atoms with Gasteiger partial charge in [-0.3, -0.25) is 0 Å². The number of benzene rings is 19. The van der Waals surface area contributed by atoms with Gasteiger partial charge in [0.05, 0.1) is 10.8 Å². The zero-order valence-electron chi connectivity index (χ0n) is 57.6. The van der Waals surface area contributed by atoms with E-state index in [0.717, 1.165) is 0 Å². The Morgan fingerprint density at radius 3 is 0.577 bits per heavy atom. The zero-order valence-corrected chi connectivity index (χ0v) is 57.6. The fourth-order valence-electron chi connectivity index (χ4n) is 16.9.